The first-order valence-corrected chi connectivity index (χ1v) is 4.64. The van der Waals surface area contributed by atoms with E-state index >= 15 is 0 Å². The summed E-state index contributed by atoms with van der Waals surface area (Å²) >= 11 is 3.30. The first-order chi connectivity index (χ1) is 5.70. The Morgan fingerprint density at radius 2 is 2.00 bits per heavy atom. The third-order valence-electron chi connectivity index (χ3n) is 1.23. The van der Waals surface area contributed by atoms with Crippen molar-refractivity contribution in [1.82, 2.24) is 0 Å². The average Bonchev–Trinajstić information content (AvgIpc) is 2.05. The molecule has 0 aliphatic carbocycles. The molecule has 0 aromatic heterocycles. The summed E-state index contributed by atoms with van der Waals surface area (Å²) in [7, 11) is 0. The van der Waals surface area contributed by atoms with Gasteiger partial charge in [0, 0.05) is 0 Å². The molecule has 2 unspecified atom stereocenters. The molecule has 0 spiro atoms. The number of benzene rings is 1. The van der Waals surface area contributed by atoms with Crippen molar-refractivity contribution in [2.24, 2.45) is 0 Å². The fraction of sp³-hybridized carbons (Fsp3) is 0.143. The van der Waals surface area contributed by atoms with Crippen LogP contribution in [0.2, 0.25) is 0 Å². The van der Waals surface area contributed by atoms with Gasteiger partial charge in [-0.05, 0) is 5.56 Å². The second-order valence-electron chi connectivity index (χ2n) is 2.04. The molecular weight excluding hydrogens is 200 g/mol. The summed E-state index contributed by atoms with van der Waals surface area (Å²) in [6.07, 6.45) is 0. The zero-order chi connectivity index (χ0) is 8.97. The van der Waals surface area contributed by atoms with Gasteiger partial charge in [0.15, 0.2) is 5.56 Å². The maximum atomic E-state index is 10.2. The van der Waals surface area contributed by atoms with Gasteiger partial charge in [-0.2, -0.15) is 4.21 Å². The molecule has 0 saturated heterocycles. The summed E-state index contributed by atoms with van der Waals surface area (Å²) in [4.78, 5) is 0. The standard InChI is InChI=1S/C7H7ClO3S/c8-7(11-12(9)10)6-4-2-1-3-5-6/h1-5,7H,(H,9,10). The van der Waals surface area contributed by atoms with Crippen molar-refractivity contribution >= 4 is 23.0 Å². The van der Waals surface area contributed by atoms with Crippen LogP contribution in [-0.4, -0.2) is 8.76 Å². The smallest absolute Gasteiger partial charge is 0.284 e. The van der Waals surface area contributed by atoms with Crippen molar-refractivity contribution < 1.29 is 12.9 Å². The Bertz CT molecular complexity index is 265. The molecule has 1 N–H and O–H groups in total. The van der Waals surface area contributed by atoms with Crippen LogP contribution >= 0.6 is 11.6 Å². The summed E-state index contributed by atoms with van der Waals surface area (Å²) in [6.45, 7) is 0. The lowest BCUT2D eigenvalue weighted by molar-refractivity contribution is 0.282. The Balaban J connectivity index is 2.65. The van der Waals surface area contributed by atoms with Gasteiger partial charge in [-0.1, -0.05) is 41.9 Å². The highest BCUT2D eigenvalue weighted by atomic mass is 35.5. The Labute approximate surface area is 77.8 Å². The predicted octanol–water partition coefficient (Wildman–Crippen LogP) is 2.08. The molecule has 0 amide bonds. The van der Waals surface area contributed by atoms with Crippen LogP contribution in [0.1, 0.15) is 11.1 Å². The average molecular weight is 207 g/mol. The van der Waals surface area contributed by atoms with Gasteiger partial charge < -0.3 is 0 Å². The van der Waals surface area contributed by atoms with E-state index in [1.165, 1.54) is 0 Å². The lowest BCUT2D eigenvalue weighted by Gasteiger charge is -2.05. The van der Waals surface area contributed by atoms with E-state index in [1.807, 2.05) is 6.07 Å². The van der Waals surface area contributed by atoms with Gasteiger partial charge in [-0.3, -0.25) is 4.55 Å². The quantitative estimate of drug-likeness (QED) is 0.609. The van der Waals surface area contributed by atoms with E-state index in [-0.39, 0.29) is 0 Å². The number of hydrogen-bond donors (Lipinski definition) is 1. The molecule has 0 aliphatic rings. The van der Waals surface area contributed by atoms with Gasteiger partial charge in [0.25, 0.3) is 0 Å². The molecule has 2 atom stereocenters. The minimum absolute atomic E-state index is 0.654. The van der Waals surface area contributed by atoms with Crippen molar-refractivity contribution in [1.29, 1.82) is 0 Å². The van der Waals surface area contributed by atoms with E-state index in [2.05, 4.69) is 4.18 Å². The van der Waals surface area contributed by atoms with E-state index in [0.717, 1.165) is 0 Å². The highest BCUT2D eigenvalue weighted by Gasteiger charge is 2.09. The Kier molecular flexibility index (Phi) is 3.68. The molecule has 3 nitrogen and oxygen atoms in total. The Morgan fingerprint density at radius 3 is 2.50 bits per heavy atom. The highest BCUT2D eigenvalue weighted by molar-refractivity contribution is 7.74. The van der Waals surface area contributed by atoms with Gasteiger partial charge in [-0.25, -0.2) is 4.18 Å². The molecule has 1 aromatic carbocycles. The largest absolute Gasteiger partial charge is 0.303 e. The fourth-order valence-electron chi connectivity index (χ4n) is 0.732. The van der Waals surface area contributed by atoms with Crippen LogP contribution in [0.25, 0.3) is 0 Å². The van der Waals surface area contributed by atoms with Crippen LogP contribution in [-0.2, 0) is 15.5 Å². The first kappa shape index (κ1) is 9.67. The van der Waals surface area contributed by atoms with Crippen LogP contribution < -0.4 is 0 Å². The SMILES string of the molecule is O=S(O)OC(Cl)c1ccccc1. The second kappa shape index (κ2) is 4.57. The van der Waals surface area contributed by atoms with Crippen LogP contribution in [0.4, 0.5) is 0 Å². The third-order valence-corrected chi connectivity index (χ3v) is 2.03. The molecule has 0 heterocycles. The lowest BCUT2D eigenvalue weighted by atomic mass is 10.2. The van der Waals surface area contributed by atoms with Gasteiger partial charge in [0.1, 0.15) is 0 Å². The second-order valence-corrected chi connectivity index (χ2v) is 3.06. The van der Waals surface area contributed by atoms with Crippen molar-refractivity contribution in [3.05, 3.63) is 35.9 Å². The van der Waals surface area contributed by atoms with Crippen molar-refractivity contribution in [3.63, 3.8) is 0 Å². The zero-order valence-corrected chi connectivity index (χ0v) is 7.59. The van der Waals surface area contributed by atoms with E-state index in [1.54, 1.807) is 24.3 Å². The summed E-state index contributed by atoms with van der Waals surface area (Å²) in [5.74, 6) is 0. The van der Waals surface area contributed by atoms with Gasteiger partial charge in [0.2, 0.25) is 0 Å². The molecular formula is C7H7ClO3S. The molecule has 0 bridgehead atoms. The predicted molar refractivity (Wildman–Crippen MR) is 46.9 cm³/mol. The number of hydrogen-bond acceptors (Lipinski definition) is 2. The van der Waals surface area contributed by atoms with Crippen LogP contribution in [0.15, 0.2) is 30.3 Å². The molecule has 1 aromatic rings. The molecule has 0 aliphatic heterocycles. The number of rotatable bonds is 3. The maximum absolute atomic E-state index is 10.2. The van der Waals surface area contributed by atoms with E-state index in [9.17, 15) is 4.21 Å². The molecule has 0 saturated carbocycles. The molecule has 1 rings (SSSR count). The van der Waals surface area contributed by atoms with Crippen LogP contribution in [0, 0.1) is 0 Å². The van der Waals surface area contributed by atoms with Gasteiger partial charge in [0.05, 0.1) is 0 Å². The molecule has 5 heteroatoms. The summed E-state index contributed by atoms with van der Waals surface area (Å²) in [5, 5.41) is 0. The van der Waals surface area contributed by atoms with Gasteiger partial charge in [-0.15, -0.1) is 0 Å². The minimum Gasteiger partial charge on any atom is -0.284 e. The normalized spacial score (nSPS) is 15.5. The highest BCUT2D eigenvalue weighted by Crippen LogP contribution is 2.21. The Hall–Kier alpha value is -0.420. The summed E-state index contributed by atoms with van der Waals surface area (Å²) < 4.78 is 23.0. The number of alkyl halides is 1. The van der Waals surface area contributed by atoms with Crippen LogP contribution in [0.5, 0.6) is 0 Å². The third kappa shape index (κ3) is 2.91. The zero-order valence-electron chi connectivity index (χ0n) is 6.01. The fourth-order valence-corrected chi connectivity index (χ4v) is 1.32. The summed E-state index contributed by atoms with van der Waals surface area (Å²) in [5.41, 5.74) is -0.224. The molecule has 66 valence electrons. The maximum Gasteiger partial charge on any atom is 0.303 e. The lowest BCUT2D eigenvalue weighted by Crippen LogP contribution is -1.99. The van der Waals surface area contributed by atoms with Gasteiger partial charge >= 0.3 is 11.4 Å². The molecule has 12 heavy (non-hydrogen) atoms. The van der Waals surface area contributed by atoms with Crippen molar-refractivity contribution in [2.45, 2.75) is 5.56 Å². The minimum atomic E-state index is -2.33. The molecule has 0 fully saturated rings. The van der Waals surface area contributed by atoms with Crippen LogP contribution in [0.3, 0.4) is 0 Å². The number of halogens is 1. The van der Waals surface area contributed by atoms with Crippen molar-refractivity contribution in [3.8, 4) is 0 Å². The van der Waals surface area contributed by atoms with E-state index in [4.69, 9.17) is 16.2 Å². The van der Waals surface area contributed by atoms with Crippen molar-refractivity contribution in [2.75, 3.05) is 0 Å². The topological polar surface area (TPSA) is 46.5 Å². The Morgan fingerprint density at radius 1 is 1.42 bits per heavy atom. The molecule has 0 radical (unpaired) electrons. The van der Waals surface area contributed by atoms with E-state index in [0.29, 0.717) is 5.56 Å². The van der Waals surface area contributed by atoms with E-state index < -0.39 is 16.9 Å². The first-order valence-electron chi connectivity index (χ1n) is 3.17. The monoisotopic (exact) mass is 206 g/mol. The summed E-state index contributed by atoms with van der Waals surface area (Å²) in [6, 6.07) is 8.79.